The van der Waals surface area contributed by atoms with Crippen LogP contribution in [-0.2, 0) is 4.74 Å². The molecule has 14 heavy (non-hydrogen) atoms. The Hall–Kier alpha value is -0.0800. The van der Waals surface area contributed by atoms with Gasteiger partial charge in [0.25, 0.3) is 0 Å². The standard InChI is InChI=1S/C12H24O2/c1-10-12(9-13,7-8-14-10)6-5-11(2,3)4/h10,13H,5-9H2,1-4H3. The Balaban J connectivity index is 2.54. The summed E-state index contributed by atoms with van der Waals surface area (Å²) < 4.78 is 5.56. The minimum Gasteiger partial charge on any atom is -0.396 e. The average Bonchev–Trinajstić information content (AvgIpc) is 2.43. The molecule has 0 saturated carbocycles. The van der Waals surface area contributed by atoms with Crippen LogP contribution in [0, 0.1) is 10.8 Å². The first-order valence-corrected chi connectivity index (χ1v) is 5.62. The summed E-state index contributed by atoms with van der Waals surface area (Å²) in [6.07, 6.45) is 3.46. The highest BCUT2D eigenvalue weighted by molar-refractivity contribution is 4.89. The minimum absolute atomic E-state index is 0.0350. The van der Waals surface area contributed by atoms with Gasteiger partial charge in [0.2, 0.25) is 0 Å². The summed E-state index contributed by atoms with van der Waals surface area (Å²) in [6, 6.07) is 0. The van der Waals surface area contributed by atoms with Gasteiger partial charge < -0.3 is 9.84 Å². The largest absolute Gasteiger partial charge is 0.396 e. The summed E-state index contributed by atoms with van der Waals surface area (Å²) in [7, 11) is 0. The average molecular weight is 200 g/mol. The minimum atomic E-state index is 0.0350. The van der Waals surface area contributed by atoms with Crippen LogP contribution in [-0.4, -0.2) is 24.4 Å². The molecule has 0 aromatic heterocycles. The van der Waals surface area contributed by atoms with Gasteiger partial charge in [-0.2, -0.15) is 0 Å². The maximum absolute atomic E-state index is 9.50. The zero-order valence-corrected chi connectivity index (χ0v) is 9.97. The van der Waals surface area contributed by atoms with Gasteiger partial charge in [0.05, 0.1) is 12.7 Å². The normalized spacial score (nSPS) is 33.6. The van der Waals surface area contributed by atoms with E-state index in [1.54, 1.807) is 0 Å². The molecule has 0 amide bonds. The smallest absolute Gasteiger partial charge is 0.0625 e. The monoisotopic (exact) mass is 200 g/mol. The molecule has 0 bridgehead atoms. The molecule has 0 spiro atoms. The number of ether oxygens (including phenoxy) is 1. The Bertz CT molecular complexity index is 183. The fraction of sp³-hybridized carbons (Fsp3) is 1.00. The lowest BCUT2D eigenvalue weighted by molar-refractivity contribution is 0.0155. The van der Waals surface area contributed by atoms with Gasteiger partial charge in [0, 0.05) is 12.0 Å². The molecule has 2 unspecified atom stereocenters. The van der Waals surface area contributed by atoms with Gasteiger partial charge in [-0.25, -0.2) is 0 Å². The molecule has 1 aliphatic heterocycles. The Morgan fingerprint density at radius 2 is 2.07 bits per heavy atom. The number of aliphatic hydroxyl groups is 1. The maximum atomic E-state index is 9.50. The number of aliphatic hydroxyl groups excluding tert-OH is 1. The fourth-order valence-corrected chi connectivity index (χ4v) is 2.06. The summed E-state index contributed by atoms with van der Waals surface area (Å²) in [4.78, 5) is 0. The Morgan fingerprint density at radius 1 is 1.43 bits per heavy atom. The zero-order valence-electron chi connectivity index (χ0n) is 9.97. The van der Waals surface area contributed by atoms with Crippen LogP contribution in [0.5, 0.6) is 0 Å². The molecule has 0 aromatic rings. The summed E-state index contributed by atoms with van der Waals surface area (Å²) in [5.41, 5.74) is 0.387. The van der Waals surface area contributed by atoms with Crippen molar-refractivity contribution in [2.45, 2.75) is 53.1 Å². The third kappa shape index (κ3) is 2.71. The van der Waals surface area contributed by atoms with Crippen molar-refractivity contribution < 1.29 is 9.84 Å². The quantitative estimate of drug-likeness (QED) is 0.759. The van der Waals surface area contributed by atoms with Crippen LogP contribution in [0.1, 0.15) is 47.0 Å². The molecule has 1 fully saturated rings. The molecule has 1 saturated heterocycles. The molecular formula is C12H24O2. The molecule has 1 N–H and O–H groups in total. The molecule has 84 valence electrons. The topological polar surface area (TPSA) is 29.5 Å². The summed E-state index contributed by atoms with van der Waals surface area (Å²) in [5, 5.41) is 9.50. The second-order valence-corrected chi connectivity index (χ2v) is 5.84. The van der Waals surface area contributed by atoms with Gasteiger partial charge in [0.15, 0.2) is 0 Å². The van der Waals surface area contributed by atoms with E-state index in [0.717, 1.165) is 25.9 Å². The first-order valence-electron chi connectivity index (χ1n) is 5.62. The molecule has 1 heterocycles. The van der Waals surface area contributed by atoms with Crippen molar-refractivity contribution in [3.63, 3.8) is 0 Å². The molecular weight excluding hydrogens is 176 g/mol. The van der Waals surface area contributed by atoms with E-state index < -0.39 is 0 Å². The van der Waals surface area contributed by atoms with Crippen LogP contribution < -0.4 is 0 Å². The Morgan fingerprint density at radius 3 is 2.43 bits per heavy atom. The number of rotatable bonds is 3. The van der Waals surface area contributed by atoms with Gasteiger partial charge in [-0.1, -0.05) is 20.8 Å². The van der Waals surface area contributed by atoms with Crippen molar-refractivity contribution >= 4 is 0 Å². The van der Waals surface area contributed by atoms with Crippen LogP contribution >= 0.6 is 0 Å². The van der Waals surface area contributed by atoms with Gasteiger partial charge in [-0.15, -0.1) is 0 Å². The first-order chi connectivity index (χ1) is 6.40. The fourth-order valence-electron chi connectivity index (χ4n) is 2.06. The summed E-state index contributed by atoms with van der Waals surface area (Å²) >= 11 is 0. The van der Waals surface area contributed by atoms with E-state index in [4.69, 9.17) is 4.74 Å². The molecule has 0 aromatic carbocycles. The molecule has 1 rings (SSSR count). The van der Waals surface area contributed by atoms with Crippen molar-refractivity contribution in [3.8, 4) is 0 Å². The van der Waals surface area contributed by atoms with E-state index in [9.17, 15) is 5.11 Å². The van der Waals surface area contributed by atoms with E-state index in [2.05, 4.69) is 27.7 Å². The molecule has 2 atom stereocenters. The highest BCUT2D eigenvalue weighted by Gasteiger charge is 2.41. The Labute approximate surface area is 87.7 Å². The third-order valence-corrected chi connectivity index (χ3v) is 3.52. The molecule has 2 heteroatoms. The van der Waals surface area contributed by atoms with Gasteiger partial charge in [-0.3, -0.25) is 0 Å². The zero-order chi connectivity index (χ0) is 10.8. The van der Waals surface area contributed by atoms with Crippen LogP contribution in [0.4, 0.5) is 0 Å². The van der Waals surface area contributed by atoms with E-state index in [1.807, 2.05) is 0 Å². The Kier molecular flexibility index (Phi) is 3.59. The first kappa shape index (κ1) is 12.0. The summed E-state index contributed by atoms with van der Waals surface area (Å²) in [5.74, 6) is 0. The van der Waals surface area contributed by atoms with Crippen LogP contribution in [0.3, 0.4) is 0 Å². The van der Waals surface area contributed by atoms with Crippen molar-refractivity contribution in [2.24, 2.45) is 10.8 Å². The van der Waals surface area contributed by atoms with E-state index in [-0.39, 0.29) is 18.1 Å². The number of hydrogen-bond acceptors (Lipinski definition) is 2. The molecule has 0 aliphatic carbocycles. The third-order valence-electron chi connectivity index (χ3n) is 3.52. The highest BCUT2D eigenvalue weighted by atomic mass is 16.5. The summed E-state index contributed by atoms with van der Waals surface area (Å²) in [6.45, 7) is 9.91. The lowest BCUT2D eigenvalue weighted by atomic mass is 9.74. The highest BCUT2D eigenvalue weighted by Crippen LogP contribution is 2.41. The lowest BCUT2D eigenvalue weighted by Gasteiger charge is -2.32. The van der Waals surface area contributed by atoms with Crippen molar-refractivity contribution in [2.75, 3.05) is 13.2 Å². The SMILES string of the molecule is CC1OCCC1(CO)CCC(C)(C)C. The van der Waals surface area contributed by atoms with Gasteiger partial charge in [0.1, 0.15) is 0 Å². The van der Waals surface area contributed by atoms with Crippen LogP contribution in [0.2, 0.25) is 0 Å². The van der Waals surface area contributed by atoms with E-state index in [0.29, 0.717) is 5.41 Å². The molecule has 1 aliphatic rings. The second-order valence-electron chi connectivity index (χ2n) is 5.84. The predicted octanol–water partition coefficient (Wildman–Crippen LogP) is 2.60. The van der Waals surface area contributed by atoms with Crippen molar-refractivity contribution in [1.82, 2.24) is 0 Å². The molecule has 2 nitrogen and oxygen atoms in total. The van der Waals surface area contributed by atoms with Crippen molar-refractivity contribution in [1.29, 1.82) is 0 Å². The molecule has 0 radical (unpaired) electrons. The van der Waals surface area contributed by atoms with Crippen molar-refractivity contribution in [3.05, 3.63) is 0 Å². The van der Waals surface area contributed by atoms with Gasteiger partial charge >= 0.3 is 0 Å². The van der Waals surface area contributed by atoms with E-state index >= 15 is 0 Å². The van der Waals surface area contributed by atoms with Crippen LogP contribution in [0.25, 0.3) is 0 Å². The second kappa shape index (κ2) is 4.19. The van der Waals surface area contributed by atoms with Gasteiger partial charge in [-0.05, 0) is 31.6 Å². The van der Waals surface area contributed by atoms with Crippen LogP contribution in [0.15, 0.2) is 0 Å². The predicted molar refractivity (Wildman–Crippen MR) is 58.2 cm³/mol. The number of hydrogen-bond donors (Lipinski definition) is 1. The maximum Gasteiger partial charge on any atom is 0.0625 e. The lowest BCUT2D eigenvalue weighted by Crippen LogP contribution is -2.33. The van der Waals surface area contributed by atoms with E-state index in [1.165, 1.54) is 0 Å².